The summed E-state index contributed by atoms with van der Waals surface area (Å²) < 4.78 is 9.86. The van der Waals surface area contributed by atoms with Gasteiger partial charge < -0.3 is 15.2 Å². The van der Waals surface area contributed by atoms with Crippen LogP contribution in [-0.2, 0) is 7.05 Å². The molecule has 5 rings (SSSR count). The molecule has 4 aromatic rings. The molecule has 1 aliphatic rings. The third-order valence-electron chi connectivity index (χ3n) is 5.93. The van der Waals surface area contributed by atoms with Crippen molar-refractivity contribution in [2.24, 2.45) is 7.05 Å². The molecule has 1 saturated carbocycles. The Morgan fingerprint density at radius 1 is 1.16 bits per heavy atom. The number of nitrogens with one attached hydrogen (secondary N) is 1. The molecule has 160 valence electrons. The van der Waals surface area contributed by atoms with Crippen LogP contribution in [0.4, 0.5) is 5.82 Å². The monoisotopic (exact) mass is 418 g/mol. The van der Waals surface area contributed by atoms with Crippen molar-refractivity contribution < 1.29 is 9.84 Å². The molecule has 31 heavy (non-hydrogen) atoms. The highest BCUT2D eigenvalue weighted by Crippen LogP contribution is 2.36. The lowest BCUT2D eigenvalue weighted by Crippen LogP contribution is -2.38. The van der Waals surface area contributed by atoms with Crippen LogP contribution in [0.15, 0.2) is 55.0 Å². The summed E-state index contributed by atoms with van der Waals surface area (Å²) in [4.78, 5) is 4.49. The van der Waals surface area contributed by atoms with Gasteiger partial charge in [0.15, 0.2) is 0 Å². The Morgan fingerprint density at radius 3 is 2.71 bits per heavy atom. The number of nitrogens with zero attached hydrogens (tertiary/aromatic N) is 5. The van der Waals surface area contributed by atoms with Gasteiger partial charge in [-0.05, 0) is 31.4 Å². The summed E-state index contributed by atoms with van der Waals surface area (Å²) in [6.45, 7) is 0. The Morgan fingerprint density at radius 2 is 2.00 bits per heavy atom. The number of aliphatic hydroxyl groups excluding tert-OH is 1. The molecule has 1 aromatic carbocycles. The van der Waals surface area contributed by atoms with Crippen LogP contribution in [0.3, 0.4) is 0 Å². The maximum Gasteiger partial charge on any atom is 0.127 e. The van der Waals surface area contributed by atoms with E-state index in [0.717, 1.165) is 46.6 Å². The Labute approximate surface area is 180 Å². The molecule has 1 fully saturated rings. The molecule has 0 spiro atoms. The van der Waals surface area contributed by atoms with E-state index in [2.05, 4.69) is 15.4 Å². The summed E-state index contributed by atoms with van der Waals surface area (Å²) in [5.41, 5.74) is 2.81. The second-order valence-corrected chi connectivity index (χ2v) is 8.04. The van der Waals surface area contributed by atoms with Gasteiger partial charge in [0.05, 0.1) is 23.9 Å². The molecule has 0 bridgehead atoms. The quantitative estimate of drug-likeness (QED) is 0.516. The molecule has 3 atom stereocenters. The number of rotatable bonds is 5. The number of pyridine rings is 1. The zero-order chi connectivity index (χ0) is 21.4. The first kappa shape index (κ1) is 19.6. The number of aromatic nitrogens is 5. The Kier molecular flexibility index (Phi) is 5.07. The van der Waals surface area contributed by atoms with Crippen molar-refractivity contribution in [3.8, 4) is 17.0 Å². The molecule has 0 amide bonds. The number of para-hydroxylation sites is 1. The van der Waals surface area contributed by atoms with Crippen LogP contribution in [-0.4, -0.2) is 48.9 Å². The molecular weight excluding hydrogens is 392 g/mol. The van der Waals surface area contributed by atoms with Crippen molar-refractivity contribution in [1.29, 1.82) is 0 Å². The average molecular weight is 419 g/mol. The molecule has 2 N–H and O–H groups in total. The first-order chi connectivity index (χ1) is 15.1. The van der Waals surface area contributed by atoms with E-state index in [1.54, 1.807) is 4.68 Å². The van der Waals surface area contributed by atoms with E-state index >= 15 is 0 Å². The number of aryl methyl sites for hydroxylation is 1. The third kappa shape index (κ3) is 3.74. The van der Waals surface area contributed by atoms with E-state index in [0.29, 0.717) is 6.42 Å². The van der Waals surface area contributed by atoms with Crippen molar-refractivity contribution in [3.63, 3.8) is 0 Å². The summed E-state index contributed by atoms with van der Waals surface area (Å²) in [6.07, 6.45) is 7.06. The van der Waals surface area contributed by atoms with Gasteiger partial charge >= 0.3 is 0 Å². The zero-order valence-corrected chi connectivity index (χ0v) is 17.6. The number of aliphatic hydroxyl groups is 1. The Balaban J connectivity index is 1.46. The summed E-state index contributed by atoms with van der Waals surface area (Å²) in [6, 6.07) is 11.8. The molecule has 0 unspecified atom stereocenters. The van der Waals surface area contributed by atoms with Crippen LogP contribution in [0.25, 0.3) is 22.2 Å². The zero-order valence-electron chi connectivity index (χ0n) is 17.6. The molecule has 0 aliphatic heterocycles. The molecule has 0 saturated heterocycles. The van der Waals surface area contributed by atoms with Gasteiger partial charge in [-0.1, -0.05) is 18.2 Å². The van der Waals surface area contributed by atoms with Crippen LogP contribution in [0.2, 0.25) is 0 Å². The number of hydrogen-bond donors (Lipinski definition) is 2. The van der Waals surface area contributed by atoms with E-state index in [9.17, 15) is 5.11 Å². The summed E-state index contributed by atoms with van der Waals surface area (Å²) in [5, 5.41) is 24.2. The minimum atomic E-state index is -0.564. The van der Waals surface area contributed by atoms with Gasteiger partial charge in [-0.15, -0.1) is 0 Å². The highest BCUT2D eigenvalue weighted by molar-refractivity contribution is 5.93. The topological polar surface area (TPSA) is 90.0 Å². The van der Waals surface area contributed by atoms with Crippen molar-refractivity contribution in [2.75, 3.05) is 12.4 Å². The molecule has 3 heterocycles. The fourth-order valence-corrected chi connectivity index (χ4v) is 4.33. The number of hydrogen-bond acceptors (Lipinski definition) is 6. The molecule has 1 aliphatic carbocycles. The van der Waals surface area contributed by atoms with Crippen molar-refractivity contribution in [2.45, 2.75) is 37.5 Å². The van der Waals surface area contributed by atoms with Crippen LogP contribution >= 0.6 is 0 Å². The predicted octanol–water partition coefficient (Wildman–Crippen LogP) is 3.41. The lowest BCUT2D eigenvalue weighted by molar-refractivity contribution is -0.00946. The first-order valence-corrected chi connectivity index (χ1v) is 10.6. The molecular formula is C23H26N6O2. The number of ether oxygens (including phenoxy) is 1. The maximum absolute atomic E-state index is 10.9. The third-order valence-corrected chi connectivity index (χ3v) is 5.93. The fraction of sp³-hybridized carbons (Fsp3) is 0.348. The summed E-state index contributed by atoms with van der Waals surface area (Å²) in [7, 11) is 3.75. The standard InChI is InChI=1S/C23H26N6O2/c1-24-22-11-19-18(13-25-22)23(15-12-26-28(2)14-15)27-29(19)16-8-9-21(20(30)10-16)31-17-6-4-3-5-7-17/h3-7,11-14,16,20-21,30H,8-10H2,1-2H3,(H,24,25)/t16-,20+,21+/m1/s1. The van der Waals surface area contributed by atoms with Crippen molar-refractivity contribution >= 4 is 16.7 Å². The van der Waals surface area contributed by atoms with E-state index in [1.165, 1.54) is 0 Å². The SMILES string of the molecule is CNc1cc2c(cn1)c(-c1cnn(C)c1)nn2[C@@H]1CC[C@H](Oc2ccccc2)[C@@H](O)C1. The number of benzene rings is 1. The van der Waals surface area contributed by atoms with Crippen molar-refractivity contribution in [3.05, 3.63) is 55.0 Å². The van der Waals surface area contributed by atoms with Gasteiger partial charge in [0, 0.05) is 43.5 Å². The second-order valence-electron chi connectivity index (χ2n) is 8.04. The number of fused-ring (bicyclic) bond motifs is 1. The highest BCUT2D eigenvalue weighted by atomic mass is 16.5. The Bertz CT molecular complexity index is 1190. The minimum Gasteiger partial charge on any atom is -0.488 e. The summed E-state index contributed by atoms with van der Waals surface area (Å²) >= 11 is 0. The highest BCUT2D eigenvalue weighted by Gasteiger charge is 2.33. The maximum atomic E-state index is 10.9. The fourth-order valence-electron chi connectivity index (χ4n) is 4.33. The van der Waals surface area contributed by atoms with Gasteiger partial charge in [0.1, 0.15) is 23.4 Å². The smallest absolute Gasteiger partial charge is 0.127 e. The Hall–Kier alpha value is -3.39. The van der Waals surface area contributed by atoms with E-state index in [1.807, 2.05) is 73.8 Å². The van der Waals surface area contributed by atoms with E-state index < -0.39 is 6.10 Å². The predicted molar refractivity (Wildman–Crippen MR) is 119 cm³/mol. The molecule has 8 heteroatoms. The van der Waals surface area contributed by atoms with Crippen molar-refractivity contribution in [1.82, 2.24) is 24.5 Å². The van der Waals surface area contributed by atoms with E-state index in [4.69, 9.17) is 9.84 Å². The molecule has 8 nitrogen and oxygen atoms in total. The first-order valence-electron chi connectivity index (χ1n) is 10.6. The van der Waals surface area contributed by atoms with Gasteiger partial charge in [0.2, 0.25) is 0 Å². The average Bonchev–Trinajstić information content (AvgIpc) is 3.39. The summed E-state index contributed by atoms with van der Waals surface area (Å²) in [5.74, 6) is 1.58. The van der Waals surface area contributed by atoms with Gasteiger partial charge in [-0.3, -0.25) is 9.36 Å². The molecule has 0 radical (unpaired) electrons. The number of anilines is 1. The minimum absolute atomic E-state index is 0.0747. The van der Waals surface area contributed by atoms with Gasteiger partial charge in [-0.25, -0.2) is 4.98 Å². The lowest BCUT2D eigenvalue weighted by Gasteiger charge is -2.33. The van der Waals surface area contributed by atoms with Gasteiger partial charge in [-0.2, -0.15) is 10.2 Å². The van der Waals surface area contributed by atoms with E-state index in [-0.39, 0.29) is 12.1 Å². The normalized spacial score (nSPS) is 21.3. The lowest BCUT2D eigenvalue weighted by atomic mass is 9.90. The van der Waals surface area contributed by atoms with Crippen LogP contribution in [0.1, 0.15) is 25.3 Å². The second kappa shape index (κ2) is 8.03. The largest absolute Gasteiger partial charge is 0.488 e. The molecule has 3 aromatic heterocycles. The van der Waals surface area contributed by atoms with Crippen LogP contribution in [0.5, 0.6) is 5.75 Å². The van der Waals surface area contributed by atoms with Crippen LogP contribution < -0.4 is 10.1 Å². The van der Waals surface area contributed by atoms with Crippen LogP contribution in [0, 0.1) is 0 Å². The van der Waals surface area contributed by atoms with Gasteiger partial charge in [0.25, 0.3) is 0 Å².